The number of amides is 1. The largest absolute Gasteiger partial charge is 0.469 e. The third-order valence-corrected chi connectivity index (χ3v) is 5.62. The predicted octanol–water partition coefficient (Wildman–Crippen LogP) is 3.13. The number of methoxy groups -OCH3 is 1. The monoisotopic (exact) mass is 392 g/mol. The van der Waals surface area contributed by atoms with Gasteiger partial charge in [0.25, 0.3) is 5.91 Å². The summed E-state index contributed by atoms with van der Waals surface area (Å²) in [6, 6.07) is 11.6. The van der Waals surface area contributed by atoms with Crippen LogP contribution in [0.3, 0.4) is 0 Å². The summed E-state index contributed by atoms with van der Waals surface area (Å²) in [5.41, 5.74) is 2.87. The van der Waals surface area contributed by atoms with Crippen molar-refractivity contribution < 1.29 is 14.3 Å². The zero-order valence-corrected chi connectivity index (χ0v) is 16.4. The van der Waals surface area contributed by atoms with Crippen LogP contribution in [0.4, 0.5) is 0 Å². The van der Waals surface area contributed by atoms with Gasteiger partial charge in [0, 0.05) is 18.4 Å². The van der Waals surface area contributed by atoms with Gasteiger partial charge in [-0.1, -0.05) is 18.2 Å². The van der Waals surface area contributed by atoms with Crippen LogP contribution in [0.1, 0.15) is 36.0 Å². The van der Waals surface area contributed by atoms with Crippen LogP contribution < -0.4 is 5.32 Å². The second-order valence-corrected chi connectivity index (χ2v) is 7.47. The van der Waals surface area contributed by atoms with Gasteiger partial charge in [-0.25, -0.2) is 9.97 Å². The van der Waals surface area contributed by atoms with Crippen LogP contribution in [0.2, 0.25) is 0 Å². The lowest BCUT2D eigenvalue weighted by Gasteiger charge is -2.26. The van der Waals surface area contributed by atoms with Gasteiger partial charge in [-0.15, -0.1) is 0 Å². The van der Waals surface area contributed by atoms with Gasteiger partial charge >= 0.3 is 5.97 Å². The van der Waals surface area contributed by atoms with Crippen molar-refractivity contribution in [3.8, 4) is 5.69 Å². The summed E-state index contributed by atoms with van der Waals surface area (Å²) in [6.45, 7) is 0.600. The molecule has 7 heteroatoms. The first-order valence-corrected chi connectivity index (χ1v) is 9.90. The molecule has 1 fully saturated rings. The highest BCUT2D eigenvalue weighted by molar-refractivity contribution is 5.96. The second kappa shape index (κ2) is 8.43. The summed E-state index contributed by atoms with van der Waals surface area (Å²) in [5.74, 6) is 0.109. The van der Waals surface area contributed by atoms with Crippen LogP contribution in [0.25, 0.3) is 16.9 Å². The number of para-hydroxylation sites is 1. The van der Waals surface area contributed by atoms with Crippen LogP contribution in [-0.4, -0.2) is 40.1 Å². The maximum atomic E-state index is 12.6. The molecule has 29 heavy (non-hydrogen) atoms. The highest BCUT2D eigenvalue weighted by Crippen LogP contribution is 2.29. The Morgan fingerprint density at radius 1 is 1.14 bits per heavy atom. The van der Waals surface area contributed by atoms with Gasteiger partial charge < -0.3 is 10.1 Å². The molecule has 1 N–H and O–H groups in total. The predicted molar refractivity (Wildman–Crippen MR) is 109 cm³/mol. The molecule has 0 saturated heterocycles. The number of hydrogen-bond donors (Lipinski definition) is 1. The summed E-state index contributed by atoms with van der Waals surface area (Å²) < 4.78 is 6.72. The number of carbonyl (C=O) groups excluding carboxylic acids is 2. The molecular formula is C22H24N4O3. The van der Waals surface area contributed by atoms with Gasteiger partial charge in [0.2, 0.25) is 0 Å². The number of nitrogens with one attached hydrogen (secondary N) is 1. The first-order valence-electron chi connectivity index (χ1n) is 9.90. The minimum Gasteiger partial charge on any atom is -0.469 e. The van der Waals surface area contributed by atoms with Crippen molar-refractivity contribution in [1.82, 2.24) is 19.9 Å². The second-order valence-electron chi connectivity index (χ2n) is 7.47. The lowest BCUT2D eigenvalue weighted by molar-refractivity contribution is -0.146. The van der Waals surface area contributed by atoms with Crippen molar-refractivity contribution in [2.75, 3.05) is 13.7 Å². The molecule has 1 aliphatic rings. The first-order chi connectivity index (χ1) is 14.2. The van der Waals surface area contributed by atoms with Crippen molar-refractivity contribution in [1.29, 1.82) is 0 Å². The number of carbonyl (C=O) groups is 2. The molecule has 0 bridgehead atoms. The molecule has 2 aromatic heterocycles. The van der Waals surface area contributed by atoms with Crippen LogP contribution in [0.5, 0.6) is 0 Å². The Labute approximate surface area is 169 Å². The summed E-state index contributed by atoms with van der Waals surface area (Å²) in [4.78, 5) is 33.0. The number of fused-ring (bicyclic) bond motifs is 1. The number of pyridine rings is 1. The van der Waals surface area contributed by atoms with Gasteiger partial charge in [-0.2, -0.15) is 0 Å². The number of nitrogens with zero attached hydrogens (tertiary/aromatic N) is 3. The standard InChI is InChI=1S/C22H24N4O3/c1-29-22(28)16-9-7-15(8-10-16)12-24-21(27)17-11-19-20(23-13-17)26(14-25-19)18-5-3-2-4-6-18/h2-6,11,13-16H,7-10,12H2,1H3,(H,24,27). The molecule has 0 atom stereocenters. The third-order valence-electron chi connectivity index (χ3n) is 5.62. The first kappa shape index (κ1) is 19.1. The molecule has 0 aliphatic heterocycles. The van der Waals surface area contributed by atoms with Gasteiger partial charge in [0.05, 0.1) is 18.6 Å². The van der Waals surface area contributed by atoms with E-state index >= 15 is 0 Å². The maximum absolute atomic E-state index is 12.6. The Morgan fingerprint density at radius 3 is 2.62 bits per heavy atom. The Hall–Kier alpha value is -3.22. The molecule has 7 nitrogen and oxygen atoms in total. The minimum absolute atomic E-state index is 0.00159. The van der Waals surface area contributed by atoms with Gasteiger partial charge in [0.1, 0.15) is 11.8 Å². The van der Waals surface area contributed by atoms with Crippen molar-refractivity contribution in [2.24, 2.45) is 11.8 Å². The maximum Gasteiger partial charge on any atom is 0.308 e. The fourth-order valence-electron chi connectivity index (χ4n) is 3.91. The number of hydrogen-bond acceptors (Lipinski definition) is 5. The summed E-state index contributed by atoms with van der Waals surface area (Å²) >= 11 is 0. The van der Waals surface area contributed by atoms with Gasteiger partial charge in [-0.05, 0) is 49.8 Å². The molecule has 1 amide bonds. The number of ether oxygens (including phenoxy) is 1. The number of rotatable bonds is 5. The lowest BCUT2D eigenvalue weighted by Crippen LogP contribution is -2.32. The SMILES string of the molecule is COC(=O)C1CCC(CNC(=O)c2cnc3c(c2)ncn3-c2ccccc2)CC1. The zero-order valence-electron chi connectivity index (χ0n) is 16.4. The molecule has 0 radical (unpaired) electrons. The van der Waals surface area contributed by atoms with Crippen molar-refractivity contribution in [3.63, 3.8) is 0 Å². The molecule has 0 unspecified atom stereocenters. The Balaban J connectivity index is 1.38. The highest BCUT2D eigenvalue weighted by Gasteiger charge is 2.27. The average Bonchev–Trinajstić information content (AvgIpc) is 3.21. The number of aromatic nitrogens is 3. The van der Waals surface area contributed by atoms with E-state index in [1.807, 2.05) is 34.9 Å². The molecule has 1 saturated carbocycles. The molecule has 1 aromatic carbocycles. The quantitative estimate of drug-likeness (QED) is 0.674. The molecule has 4 rings (SSSR count). The van der Waals surface area contributed by atoms with E-state index in [4.69, 9.17) is 4.74 Å². The summed E-state index contributed by atoms with van der Waals surface area (Å²) in [5, 5.41) is 3.00. The van der Waals surface area contributed by atoms with Crippen molar-refractivity contribution in [2.45, 2.75) is 25.7 Å². The minimum atomic E-state index is -0.149. The summed E-state index contributed by atoms with van der Waals surface area (Å²) in [6.07, 6.45) is 6.77. The Morgan fingerprint density at radius 2 is 1.90 bits per heavy atom. The molecule has 150 valence electrons. The van der Waals surface area contributed by atoms with E-state index in [2.05, 4.69) is 15.3 Å². The number of benzene rings is 1. The van der Waals surface area contributed by atoms with Crippen LogP contribution in [0.15, 0.2) is 48.9 Å². The highest BCUT2D eigenvalue weighted by atomic mass is 16.5. The van der Waals surface area contributed by atoms with E-state index in [9.17, 15) is 9.59 Å². The van der Waals surface area contributed by atoms with Crippen molar-refractivity contribution >= 4 is 23.0 Å². The fourth-order valence-corrected chi connectivity index (χ4v) is 3.91. The van der Waals surface area contributed by atoms with E-state index in [0.717, 1.165) is 31.4 Å². The Bertz CT molecular complexity index is 1010. The van der Waals surface area contributed by atoms with Gasteiger partial charge in [0.15, 0.2) is 5.65 Å². The topological polar surface area (TPSA) is 86.1 Å². The number of esters is 1. The molecule has 3 aromatic rings. The molecule has 1 aliphatic carbocycles. The van der Waals surface area contributed by atoms with Crippen LogP contribution in [0, 0.1) is 11.8 Å². The van der Waals surface area contributed by atoms with Gasteiger partial charge in [-0.3, -0.25) is 14.2 Å². The molecule has 0 spiro atoms. The van der Waals surface area contributed by atoms with E-state index in [-0.39, 0.29) is 17.8 Å². The van der Waals surface area contributed by atoms with E-state index < -0.39 is 0 Å². The van der Waals surface area contributed by atoms with E-state index in [1.165, 1.54) is 7.11 Å². The molecular weight excluding hydrogens is 368 g/mol. The van der Waals surface area contributed by atoms with E-state index in [0.29, 0.717) is 29.2 Å². The summed E-state index contributed by atoms with van der Waals surface area (Å²) in [7, 11) is 1.43. The molecule has 2 heterocycles. The lowest BCUT2D eigenvalue weighted by atomic mass is 9.82. The fraction of sp³-hybridized carbons (Fsp3) is 0.364. The third kappa shape index (κ3) is 4.13. The Kier molecular flexibility index (Phi) is 5.55. The smallest absolute Gasteiger partial charge is 0.308 e. The van der Waals surface area contributed by atoms with E-state index in [1.54, 1.807) is 18.6 Å². The van der Waals surface area contributed by atoms with Crippen LogP contribution in [-0.2, 0) is 9.53 Å². The average molecular weight is 392 g/mol. The normalized spacial score (nSPS) is 19.1. The zero-order chi connectivity index (χ0) is 20.2. The number of imidazole rings is 1. The van der Waals surface area contributed by atoms with Crippen LogP contribution >= 0.6 is 0 Å². The van der Waals surface area contributed by atoms with Crippen molar-refractivity contribution in [3.05, 3.63) is 54.5 Å².